The molecule has 0 unspecified atom stereocenters. The van der Waals surface area contributed by atoms with E-state index in [-0.39, 0.29) is 17.0 Å². The molecular weight excluding hydrogens is 441 g/mol. The zero-order valence-corrected chi connectivity index (χ0v) is 20.6. The average molecular weight is 473 g/mol. The number of nitrogens with one attached hydrogen (secondary N) is 1. The number of esters is 1. The molecule has 0 bridgehead atoms. The van der Waals surface area contributed by atoms with Crippen LogP contribution in [0.5, 0.6) is 0 Å². The predicted molar refractivity (Wildman–Crippen MR) is 133 cm³/mol. The van der Waals surface area contributed by atoms with E-state index in [0.717, 1.165) is 60.4 Å². The Kier molecular flexibility index (Phi) is 6.93. The van der Waals surface area contributed by atoms with Crippen molar-refractivity contribution < 1.29 is 14.3 Å². The molecule has 170 valence electrons. The predicted octanol–water partition coefficient (Wildman–Crippen LogP) is 6.37. The summed E-state index contributed by atoms with van der Waals surface area (Å²) in [7, 11) is -1.80. The number of anilines is 1. The fraction of sp³-hybridized carbons (Fsp3) is 0.462. The monoisotopic (exact) mass is 472 g/mol. The lowest BCUT2D eigenvalue weighted by molar-refractivity contribution is -0.141. The maximum Gasteiger partial charge on any atom is 0.344 e. The fourth-order valence-electron chi connectivity index (χ4n) is 5.26. The molecule has 0 aromatic heterocycles. The highest BCUT2D eigenvalue weighted by Gasteiger charge is 2.71. The van der Waals surface area contributed by atoms with E-state index < -0.39 is 7.26 Å². The van der Waals surface area contributed by atoms with E-state index in [1.54, 1.807) is 0 Å². The van der Waals surface area contributed by atoms with Crippen LogP contribution in [-0.4, -0.2) is 35.5 Å². The van der Waals surface area contributed by atoms with Gasteiger partial charge < -0.3 is 10.1 Å². The van der Waals surface area contributed by atoms with Gasteiger partial charge in [0.05, 0.1) is 12.3 Å². The summed E-state index contributed by atoms with van der Waals surface area (Å²) in [6, 6.07) is 13.5. The number of amides is 1. The second-order valence-corrected chi connectivity index (χ2v) is 14.2. The van der Waals surface area contributed by atoms with Crippen LogP contribution in [-0.2, 0) is 20.9 Å². The summed E-state index contributed by atoms with van der Waals surface area (Å²) in [6.45, 7) is 4.24. The van der Waals surface area contributed by atoms with Crippen molar-refractivity contribution in [2.24, 2.45) is 0 Å². The quantitative estimate of drug-likeness (QED) is 0.376. The fourth-order valence-corrected chi connectivity index (χ4v) is 11.1. The number of hydrogen-bond donors (Lipinski definition) is 1. The van der Waals surface area contributed by atoms with E-state index in [4.69, 9.17) is 16.3 Å². The number of rotatable bonds is 7. The number of halogens is 1. The molecule has 6 heteroatoms. The largest absolute Gasteiger partial charge is 0.458 e. The van der Waals surface area contributed by atoms with E-state index in [1.165, 1.54) is 6.42 Å². The second kappa shape index (κ2) is 9.53. The summed E-state index contributed by atoms with van der Waals surface area (Å²) in [5.41, 5.74) is 3.78. The van der Waals surface area contributed by atoms with Crippen molar-refractivity contribution in [3.05, 3.63) is 64.2 Å². The summed E-state index contributed by atoms with van der Waals surface area (Å²) in [4.78, 5) is 26.6. The lowest BCUT2D eigenvalue weighted by Crippen LogP contribution is -2.39. The standard InChI is InChI=1S/C26H31ClNO3P/c1-19-15-22(27)16-20(2)24(19)28-25(30)26(11-12-26)32(13-7-4-8-14-32)18-23(29)31-17-21-9-5-3-6-10-21/h3,5-6,9-10,15-16H,4,7-8,11-14,17-18H2,1-2H3/p+1. The van der Waals surface area contributed by atoms with Crippen molar-refractivity contribution >= 4 is 36.4 Å². The molecule has 1 N–H and O–H groups in total. The lowest BCUT2D eigenvalue weighted by Gasteiger charge is -2.36. The Hall–Kier alpha value is -1.90. The van der Waals surface area contributed by atoms with E-state index in [1.807, 2.05) is 56.3 Å². The molecule has 2 fully saturated rings. The summed E-state index contributed by atoms with van der Waals surface area (Å²) in [5, 5.41) is 3.54. The number of hydrogen-bond acceptors (Lipinski definition) is 3. The van der Waals surface area contributed by atoms with E-state index in [2.05, 4.69) is 5.32 Å². The first-order valence-corrected chi connectivity index (χ1v) is 14.2. The lowest BCUT2D eigenvalue weighted by atomic mass is 10.1. The first-order chi connectivity index (χ1) is 15.4. The zero-order chi connectivity index (χ0) is 22.8. The summed E-state index contributed by atoms with van der Waals surface area (Å²) < 4.78 is 5.67. The average Bonchev–Trinajstić information content (AvgIpc) is 3.59. The highest BCUT2D eigenvalue weighted by molar-refractivity contribution is 7.79. The maximum atomic E-state index is 13.7. The Morgan fingerprint density at radius 1 is 1.03 bits per heavy atom. The van der Waals surface area contributed by atoms with E-state index in [0.29, 0.717) is 17.8 Å². The smallest absolute Gasteiger partial charge is 0.344 e. The molecule has 1 amide bonds. The first-order valence-electron chi connectivity index (χ1n) is 11.5. The third-order valence-electron chi connectivity index (χ3n) is 7.14. The molecule has 2 aromatic rings. The van der Waals surface area contributed by atoms with Crippen LogP contribution in [0.4, 0.5) is 5.69 Å². The third-order valence-corrected chi connectivity index (χ3v) is 13.0. The normalized spacial score (nSPS) is 18.6. The van der Waals surface area contributed by atoms with Gasteiger partial charge in [-0.05, 0) is 61.9 Å². The minimum Gasteiger partial charge on any atom is -0.458 e. The van der Waals surface area contributed by atoms with Crippen molar-refractivity contribution in [2.75, 3.05) is 23.8 Å². The molecule has 4 rings (SSSR count). The van der Waals surface area contributed by atoms with Gasteiger partial charge in [0.1, 0.15) is 6.61 Å². The molecule has 2 aliphatic rings. The van der Waals surface area contributed by atoms with Crippen LogP contribution in [0.25, 0.3) is 0 Å². The van der Waals surface area contributed by atoms with Crippen molar-refractivity contribution in [1.82, 2.24) is 0 Å². The van der Waals surface area contributed by atoms with Gasteiger partial charge >= 0.3 is 5.97 Å². The molecule has 1 heterocycles. The molecule has 1 aliphatic heterocycles. The summed E-state index contributed by atoms with van der Waals surface area (Å²) in [6.07, 6.45) is 7.61. The Labute approximate surface area is 196 Å². The Morgan fingerprint density at radius 2 is 1.66 bits per heavy atom. The minimum absolute atomic E-state index is 0.0946. The Balaban J connectivity index is 1.51. The number of aryl methyl sites for hydroxylation is 2. The third kappa shape index (κ3) is 4.72. The van der Waals surface area contributed by atoms with Gasteiger partial charge in [0.25, 0.3) is 5.91 Å². The van der Waals surface area contributed by atoms with Crippen molar-refractivity contribution in [1.29, 1.82) is 0 Å². The highest BCUT2D eigenvalue weighted by atomic mass is 35.5. The van der Waals surface area contributed by atoms with Gasteiger partial charge in [-0.25, -0.2) is 4.79 Å². The SMILES string of the molecule is Cc1cc(Cl)cc(C)c1NC(=O)C1([P+]2(CC(=O)OCc3ccccc3)CCCCC2)CC1. The number of carbonyl (C=O) groups excluding carboxylic acids is 2. The maximum absolute atomic E-state index is 13.7. The van der Waals surface area contributed by atoms with Gasteiger partial charge in [0.2, 0.25) is 0 Å². The molecule has 0 atom stereocenters. The highest BCUT2D eigenvalue weighted by Crippen LogP contribution is 2.79. The van der Waals surface area contributed by atoms with Crippen LogP contribution >= 0.6 is 18.9 Å². The van der Waals surface area contributed by atoms with E-state index in [9.17, 15) is 9.59 Å². The Bertz CT molecular complexity index is 974. The van der Waals surface area contributed by atoms with Gasteiger partial charge in [0.15, 0.2) is 11.3 Å². The zero-order valence-electron chi connectivity index (χ0n) is 19.0. The van der Waals surface area contributed by atoms with Crippen molar-refractivity contribution in [2.45, 2.75) is 57.7 Å². The van der Waals surface area contributed by atoms with E-state index >= 15 is 0 Å². The summed E-state index contributed by atoms with van der Waals surface area (Å²) >= 11 is 6.18. The molecule has 2 aromatic carbocycles. The minimum atomic E-state index is -1.80. The van der Waals surface area contributed by atoms with Crippen LogP contribution in [0.15, 0.2) is 42.5 Å². The van der Waals surface area contributed by atoms with Gasteiger partial charge in [-0.1, -0.05) is 41.9 Å². The van der Waals surface area contributed by atoms with Crippen LogP contribution in [0.2, 0.25) is 5.02 Å². The van der Waals surface area contributed by atoms with Gasteiger partial charge in [-0.2, -0.15) is 0 Å². The number of benzene rings is 2. The molecule has 1 aliphatic carbocycles. The van der Waals surface area contributed by atoms with Crippen LogP contribution in [0.1, 0.15) is 48.8 Å². The summed E-state index contributed by atoms with van der Waals surface area (Å²) in [5.74, 6) is -0.0564. The first kappa shape index (κ1) is 23.3. The van der Waals surface area contributed by atoms with Crippen molar-refractivity contribution in [3.8, 4) is 0 Å². The molecule has 4 nitrogen and oxygen atoms in total. The molecule has 0 radical (unpaired) electrons. The van der Waals surface area contributed by atoms with Gasteiger partial charge in [-0.3, -0.25) is 4.79 Å². The Morgan fingerprint density at radius 3 is 2.25 bits per heavy atom. The molecule has 32 heavy (non-hydrogen) atoms. The van der Waals surface area contributed by atoms with Crippen molar-refractivity contribution in [3.63, 3.8) is 0 Å². The molecule has 0 spiro atoms. The topological polar surface area (TPSA) is 55.4 Å². The molecule has 1 saturated carbocycles. The molecular formula is C26H32ClNO3P+. The number of carbonyl (C=O) groups is 2. The van der Waals surface area contributed by atoms with Gasteiger partial charge in [0, 0.05) is 30.8 Å². The van der Waals surface area contributed by atoms with Gasteiger partial charge in [-0.15, -0.1) is 0 Å². The van der Waals surface area contributed by atoms with Crippen LogP contribution in [0, 0.1) is 13.8 Å². The second-order valence-electron chi connectivity index (χ2n) is 9.36. The van der Waals surface area contributed by atoms with Crippen LogP contribution in [0.3, 0.4) is 0 Å². The number of ether oxygens (including phenoxy) is 1. The molecule has 1 saturated heterocycles. The van der Waals surface area contributed by atoms with Crippen LogP contribution < -0.4 is 5.32 Å².